The highest BCUT2D eigenvalue weighted by molar-refractivity contribution is 5.95. The van der Waals surface area contributed by atoms with Crippen LogP contribution >= 0.6 is 0 Å². The van der Waals surface area contributed by atoms with Gasteiger partial charge in [-0.2, -0.15) is 0 Å². The number of nitrogens with one attached hydrogen (secondary N) is 4. The number of phenols is 1. The van der Waals surface area contributed by atoms with Gasteiger partial charge in [-0.3, -0.25) is 24.0 Å². The van der Waals surface area contributed by atoms with Gasteiger partial charge in [-0.25, -0.2) is 4.79 Å². The molecule has 46 heavy (non-hydrogen) atoms. The first-order valence-electron chi connectivity index (χ1n) is 15.6. The summed E-state index contributed by atoms with van der Waals surface area (Å²) in [7, 11) is 0. The number of aromatic hydroxyl groups is 1. The average Bonchev–Trinajstić information content (AvgIpc) is 2.99. The van der Waals surface area contributed by atoms with E-state index in [2.05, 4.69) is 21.3 Å². The largest absolute Gasteiger partial charge is 0.508 e. The fraction of sp³-hybridized carbons (Fsp3) is 0.613. The van der Waals surface area contributed by atoms with E-state index < -0.39 is 71.6 Å². The number of amides is 5. The molecular formula is C31H51N7O8. The van der Waals surface area contributed by atoms with Crippen molar-refractivity contribution in [3.63, 3.8) is 0 Å². The number of hydrogen-bond donors (Lipinski definition) is 9. The lowest BCUT2D eigenvalue weighted by atomic mass is 9.96. The molecule has 0 aromatic heterocycles. The molecule has 0 aliphatic carbocycles. The van der Waals surface area contributed by atoms with Crippen LogP contribution in [0, 0.1) is 11.8 Å². The van der Waals surface area contributed by atoms with Gasteiger partial charge in [0.2, 0.25) is 29.5 Å². The minimum Gasteiger partial charge on any atom is -0.508 e. The number of rotatable bonds is 21. The first-order chi connectivity index (χ1) is 21.6. The molecule has 1 rings (SSSR count). The van der Waals surface area contributed by atoms with E-state index in [0.717, 1.165) is 0 Å². The van der Waals surface area contributed by atoms with Crippen molar-refractivity contribution in [1.29, 1.82) is 0 Å². The minimum absolute atomic E-state index is 0.0744. The number of unbranched alkanes of at least 4 members (excludes halogenated alkanes) is 1. The van der Waals surface area contributed by atoms with Crippen molar-refractivity contribution in [2.45, 2.75) is 103 Å². The van der Waals surface area contributed by atoms with E-state index in [0.29, 0.717) is 31.4 Å². The Bertz CT molecular complexity index is 1180. The summed E-state index contributed by atoms with van der Waals surface area (Å²) in [6, 6.07) is 0.541. The van der Waals surface area contributed by atoms with E-state index >= 15 is 0 Å². The summed E-state index contributed by atoms with van der Waals surface area (Å²) in [5, 5.41) is 29.4. The maximum Gasteiger partial charge on any atom is 0.326 e. The van der Waals surface area contributed by atoms with Crippen molar-refractivity contribution in [3.05, 3.63) is 29.8 Å². The number of carboxylic acids is 1. The van der Waals surface area contributed by atoms with Crippen LogP contribution < -0.4 is 38.5 Å². The number of nitrogens with two attached hydrogens (primary N) is 3. The number of carbonyl (C=O) groups excluding carboxylic acids is 5. The van der Waals surface area contributed by atoms with Crippen LogP contribution in [0.25, 0.3) is 0 Å². The number of carbonyl (C=O) groups is 6. The molecule has 0 aliphatic rings. The van der Waals surface area contributed by atoms with E-state index in [1.165, 1.54) is 12.1 Å². The molecule has 0 spiro atoms. The molecule has 0 saturated heterocycles. The third kappa shape index (κ3) is 13.8. The van der Waals surface area contributed by atoms with E-state index in [1.54, 1.807) is 32.9 Å². The van der Waals surface area contributed by atoms with Gasteiger partial charge in [-0.05, 0) is 68.2 Å². The minimum atomic E-state index is -1.40. The van der Waals surface area contributed by atoms with Crippen LogP contribution in [0.2, 0.25) is 0 Å². The maximum absolute atomic E-state index is 13.6. The summed E-state index contributed by atoms with van der Waals surface area (Å²) >= 11 is 0. The second-order valence-corrected chi connectivity index (χ2v) is 11.8. The zero-order chi connectivity index (χ0) is 35.0. The Labute approximate surface area is 269 Å². The highest BCUT2D eigenvalue weighted by Gasteiger charge is 2.34. The van der Waals surface area contributed by atoms with E-state index in [1.807, 2.05) is 6.92 Å². The molecule has 1 aromatic rings. The summed E-state index contributed by atoms with van der Waals surface area (Å²) < 4.78 is 0. The Balaban J connectivity index is 3.11. The van der Waals surface area contributed by atoms with Crippen molar-refractivity contribution in [2.24, 2.45) is 29.0 Å². The van der Waals surface area contributed by atoms with Crippen LogP contribution in [0.15, 0.2) is 24.3 Å². The number of aliphatic carboxylic acids is 1. The molecule has 1 aromatic carbocycles. The average molecular weight is 650 g/mol. The quantitative estimate of drug-likeness (QED) is 0.0762. The van der Waals surface area contributed by atoms with Crippen molar-refractivity contribution in [2.75, 3.05) is 6.54 Å². The monoisotopic (exact) mass is 649 g/mol. The Morgan fingerprint density at radius 3 is 1.87 bits per heavy atom. The molecule has 258 valence electrons. The van der Waals surface area contributed by atoms with Gasteiger partial charge in [0, 0.05) is 6.42 Å². The molecule has 0 aliphatic heterocycles. The Hall–Kier alpha value is -4.24. The molecule has 0 heterocycles. The number of benzene rings is 1. The predicted molar refractivity (Wildman–Crippen MR) is 171 cm³/mol. The van der Waals surface area contributed by atoms with Gasteiger partial charge in [0.1, 0.15) is 29.9 Å². The molecule has 5 amide bonds. The molecule has 6 atom stereocenters. The normalized spacial score (nSPS) is 15.0. The standard InChI is InChI=1S/C31H51N7O8/c1-5-18(4)26(38-27(41)21(33)16-19-9-11-20(39)12-10-19)30(44)35-22(8-6-7-15-32)28(42)37-25(17(2)3)29(43)36-23(31(45)46)13-14-24(34)40/h9-12,17-18,21-23,25-26,39H,5-8,13-16,32-33H2,1-4H3,(H2,34,40)(H,35,44)(H,36,43)(H,37,42)(H,38,41)(H,45,46)/t18-,21-,22-,23-,25-,26-/m0/s1. The van der Waals surface area contributed by atoms with Gasteiger partial charge in [0.25, 0.3) is 0 Å². The van der Waals surface area contributed by atoms with Crippen LogP contribution in [-0.4, -0.2) is 82.5 Å². The number of phenolic OH excluding ortho intramolecular Hbond substituents is 1. The number of carboxylic acid groups (broad SMARTS) is 1. The van der Waals surface area contributed by atoms with E-state index in [9.17, 15) is 39.0 Å². The topological polar surface area (TPSA) is 269 Å². The lowest BCUT2D eigenvalue weighted by Gasteiger charge is -2.29. The SMILES string of the molecule is CC[C@H](C)[C@H](NC(=O)[C@@H](N)Cc1ccc(O)cc1)C(=O)N[C@@H](CCCCN)C(=O)N[C@H](C(=O)N[C@@H](CCC(N)=O)C(=O)O)C(C)C. The van der Waals surface area contributed by atoms with Gasteiger partial charge in [-0.1, -0.05) is 46.2 Å². The van der Waals surface area contributed by atoms with Crippen molar-refractivity contribution in [3.8, 4) is 5.75 Å². The fourth-order valence-electron chi connectivity index (χ4n) is 4.56. The summed E-state index contributed by atoms with van der Waals surface area (Å²) in [5.41, 5.74) is 17.6. The van der Waals surface area contributed by atoms with Crippen LogP contribution in [0.5, 0.6) is 5.75 Å². The molecule has 0 radical (unpaired) electrons. The van der Waals surface area contributed by atoms with Crippen LogP contribution in [0.3, 0.4) is 0 Å². The maximum atomic E-state index is 13.6. The third-order valence-corrected chi connectivity index (χ3v) is 7.64. The van der Waals surface area contributed by atoms with Gasteiger partial charge >= 0.3 is 5.97 Å². The third-order valence-electron chi connectivity index (χ3n) is 7.64. The second kappa shape index (κ2) is 20.0. The molecule has 0 saturated carbocycles. The summed E-state index contributed by atoms with van der Waals surface area (Å²) in [4.78, 5) is 76.0. The lowest BCUT2D eigenvalue weighted by molar-refractivity contribution is -0.143. The Morgan fingerprint density at radius 2 is 1.35 bits per heavy atom. The molecular weight excluding hydrogens is 598 g/mol. The van der Waals surface area contributed by atoms with Gasteiger partial charge in [-0.15, -0.1) is 0 Å². The first kappa shape index (κ1) is 39.8. The summed E-state index contributed by atoms with van der Waals surface area (Å²) in [6.45, 7) is 7.28. The van der Waals surface area contributed by atoms with Gasteiger partial charge in [0.05, 0.1) is 6.04 Å². The molecule has 0 bridgehead atoms. The van der Waals surface area contributed by atoms with Crippen molar-refractivity contribution >= 4 is 35.5 Å². The zero-order valence-electron chi connectivity index (χ0n) is 27.1. The zero-order valence-corrected chi connectivity index (χ0v) is 27.1. The summed E-state index contributed by atoms with van der Waals surface area (Å²) in [5.74, 6) is -5.47. The van der Waals surface area contributed by atoms with E-state index in [4.69, 9.17) is 17.2 Å². The molecule has 0 unspecified atom stereocenters. The van der Waals surface area contributed by atoms with Gasteiger partial charge in [0.15, 0.2) is 0 Å². The highest BCUT2D eigenvalue weighted by Crippen LogP contribution is 2.14. The smallest absolute Gasteiger partial charge is 0.326 e. The molecule has 0 fully saturated rings. The number of hydrogen-bond acceptors (Lipinski definition) is 9. The first-order valence-corrected chi connectivity index (χ1v) is 15.6. The van der Waals surface area contributed by atoms with Crippen molar-refractivity contribution in [1.82, 2.24) is 21.3 Å². The predicted octanol–water partition coefficient (Wildman–Crippen LogP) is -0.618. The Morgan fingerprint density at radius 1 is 0.783 bits per heavy atom. The van der Waals surface area contributed by atoms with Crippen LogP contribution in [0.4, 0.5) is 0 Å². The van der Waals surface area contributed by atoms with Crippen LogP contribution in [-0.2, 0) is 35.2 Å². The Kier molecular flexibility index (Phi) is 17.3. The van der Waals surface area contributed by atoms with Crippen LogP contribution in [0.1, 0.15) is 71.8 Å². The molecule has 12 N–H and O–H groups in total. The molecule has 15 nitrogen and oxygen atoms in total. The second-order valence-electron chi connectivity index (χ2n) is 11.8. The van der Waals surface area contributed by atoms with Crippen molar-refractivity contribution < 1.29 is 39.0 Å². The lowest BCUT2D eigenvalue weighted by Crippen LogP contribution is -2.60. The molecule has 15 heteroatoms. The van der Waals surface area contributed by atoms with Gasteiger partial charge < -0.3 is 48.7 Å². The number of primary amides is 1. The fourth-order valence-corrected chi connectivity index (χ4v) is 4.56. The summed E-state index contributed by atoms with van der Waals surface area (Å²) in [6.07, 6.45) is 1.40. The van der Waals surface area contributed by atoms with E-state index in [-0.39, 0.29) is 37.4 Å². The highest BCUT2D eigenvalue weighted by atomic mass is 16.4.